The molecule has 2 aromatic heterocycles. The molecule has 4 rings (SSSR count). The van der Waals surface area contributed by atoms with Crippen LogP contribution in [-0.2, 0) is 11.8 Å². The molecule has 0 N–H and O–H groups in total. The average molecular weight is 435 g/mol. The van der Waals surface area contributed by atoms with Crippen LogP contribution < -0.4 is 10.5 Å². The van der Waals surface area contributed by atoms with E-state index < -0.39 is 0 Å². The number of rotatable bonds is 4. The Labute approximate surface area is 175 Å². The molecule has 0 aliphatic carbocycles. The van der Waals surface area contributed by atoms with E-state index >= 15 is 0 Å². The summed E-state index contributed by atoms with van der Waals surface area (Å²) in [7, 11) is 1.70. The number of thioether (sulfide) groups is 1. The van der Waals surface area contributed by atoms with Gasteiger partial charge in [0.05, 0.1) is 11.3 Å². The fourth-order valence-electron chi connectivity index (χ4n) is 3.20. The van der Waals surface area contributed by atoms with Crippen molar-refractivity contribution in [3.05, 3.63) is 51.1 Å². The highest BCUT2D eigenvalue weighted by Crippen LogP contribution is 2.22. The van der Waals surface area contributed by atoms with Crippen molar-refractivity contribution in [1.29, 1.82) is 0 Å². The van der Waals surface area contributed by atoms with Gasteiger partial charge in [0.2, 0.25) is 5.91 Å². The lowest BCUT2D eigenvalue weighted by Gasteiger charge is -2.36. The van der Waals surface area contributed by atoms with Gasteiger partial charge in [0.15, 0.2) is 5.16 Å². The standard InChI is InChI=1S/C19H19ClN4O2S2/c1-22-18(26)17-15(5-10-27-17)21-19(22)28-12-16(25)24-8-6-23(7-9-24)14-4-2-3-13(20)11-14/h2-5,10-11H,6-9,12H2,1H3. The highest BCUT2D eigenvalue weighted by Gasteiger charge is 2.22. The minimum Gasteiger partial charge on any atom is -0.368 e. The van der Waals surface area contributed by atoms with Crippen LogP contribution in [0.25, 0.3) is 10.2 Å². The molecule has 0 atom stereocenters. The van der Waals surface area contributed by atoms with Gasteiger partial charge in [0.1, 0.15) is 4.70 Å². The van der Waals surface area contributed by atoms with Gasteiger partial charge in [0, 0.05) is 43.9 Å². The molecule has 1 aliphatic heterocycles. The van der Waals surface area contributed by atoms with E-state index in [4.69, 9.17) is 11.6 Å². The highest BCUT2D eigenvalue weighted by molar-refractivity contribution is 7.99. The normalized spacial score (nSPS) is 14.6. The van der Waals surface area contributed by atoms with Gasteiger partial charge < -0.3 is 9.80 Å². The second kappa shape index (κ2) is 8.14. The van der Waals surface area contributed by atoms with Crippen molar-refractivity contribution in [2.45, 2.75) is 5.16 Å². The number of carbonyl (C=O) groups excluding carboxylic acids is 1. The number of carbonyl (C=O) groups is 1. The van der Waals surface area contributed by atoms with Crippen LogP contribution in [0.15, 0.2) is 45.7 Å². The van der Waals surface area contributed by atoms with Crippen LogP contribution in [0.2, 0.25) is 5.02 Å². The molecule has 6 nitrogen and oxygen atoms in total. The molecule has 0 unspecified atom stereocenters. The van der Waals surface area contributed by atoms with Crippen LogP contribution in [-0.4, -0.2) is 52.3 Å². The number of thiophene rings is 1. The van der Waals surface area contributed by atoms with Crippen molar-refractivity contribution in [3.63, 3.8) is 0 Å². The zero-order chi connectivity index (χ0) is 19.7. The van der Waals surface area contributed by atoms with E-state index in [2.05, 4.69) is 9.88 Å². The molecule has 9 heteroatoms. The van der Waals surface area contributed by atoms with Crippen molar-refractivity contribution >= 4 is 56.5 Å². The van der Waals surface area contributed by atoms with Gasteiger partial charge in [-0.15, -0.1) is 11.3 Å². The van der Waals surface area contributed by atoms with E-state index in [0.29, 0.717) is 33.5 Å². The number of hydrogen-bond donors (Lipinski definition) is 0. The topological polar surface area (TPSA) is 58.4 Å². The van der Waals surface area contributed by atoms with Gasteiger partial charge >= 0.3 is 0 Å². The number of benzene rings is 1. The fraction of sp³-hybridized carbons (Fsp3) is 0.316. The number of amides is 1. The summed E-state index contributed by atoms with van der Waals surface area (Å²) in [5, 5.41) is 3.15. The molecule has 146 valence electrons. The Bertz CT molecular complexity index is 1070. The lowest BCUT2D eigenvalue weighted by molar-refractivity contribution is -0.128. The van der Waals surface area contributed by atoms with Crippen LogP contribution in [0.1, 0.15) is 0 Å². The average Bonchev–Trinajstić information content (AvgIpc) is 3.18. The summed E-state index contributed by atoms with van der Waals surface area (Å²) >= 11 is 8.78. The first-order valence-electron chi connectivity index (χ1n) is 8.88. The Morgan fingerprint density at radius 2 is 2.04 bits per heavy atom. The molecule has 1 saturated heterocycles. The van der Waals surface area contributed by atoms with E-state index in [1.54, 1.807) is 7.05 Å². The van der Waals surface area contributed by atoms with E-state index in [1.165, 1.54) is 27.7 Å². The number of fused-ring (bicyclic) bond motifs is 1. The first-order valence-corrected chi connectivity index (χ1v) is 11.1. The summed E-state index contributed by atoms with van der Waals surface area (Å²) in [6.07, 6.45) is 0. The van der Waals surface area contributed by atoms with Crippen LogP contribution >= 0.6 is 34.7 Å². The van der Waals surface area contributed by atoms with E-state index in [-0.39, 0.29) is 17.2 Å². The Kier molecular flexibility index (Phi) is 5.61. The molecule has 28 heavy (non-hydrogen) atoms. The molecule has 1 amide bonds. The minimum atomic E-state index is -0.0647. The molecule has 0 bridgehead atoms. The minimum absolute atomic E-state index is 0.0647. The van der Waals surface area contributed by atoms with Crippen LogP contribution in [0.5, 0.6) is 0 Å². The SMILES string of the molecule is Cn1c(SCC(=O)N2CCN(c3cccc(Cl)c3)CC2)nc2ccsc2c1=O. The van der Waals surface area contributed by atoms with Gasteiger partial charge in [-0.1, -0.05) is 29.4 Å². The van der Waals surface area contributed by atoms with Crippen LogP contribution in [0.4, 0.5) is 5.69 Å². The number of hydrogen-bond acceptors (Lipinski definition) is 6. The first-order chi connectivity index (χ1) is 13.5. The van der Waals surface area contributed by atoms with Crippen molar-refractivity contribution in [1.82, 2.24) is 14.5 Å². The molecular formula is C19H19ClN4O2S2. The van der Waals surface area contributed by atoms with Crippen LogP contribution in [0, 0.1) is 0 Å². The molecule has 3 heterocycles. The van der Waals surface area contributed by atoms with Gasteiger partial charge in [-0.25, -0.2) is 4.98 Å². The number of piperazine rings is 1. The van der Waals surface area contributed by atoms with E-state index in [1.807, 2.05) is 40.6 Å². The summed E-state index contributed by atoms with van der Waals surface area (Å²) < 4.78 is 2.17. The highest BCUT2D eigenvalue weighted by atomic mass is 35.5. The summed E-state index contributed by atoms with van der Waals surface area (Å²) in [5.41, 5.74) is 1.71. The van der Waals surface area contributed by atoms with Crippen LogP contribution in [0.3, 0.4) is 0 Å². The molecule has 0 saturated carbocycles. The number of aromatic nitrogens is 2. The maximum atomic E-state index is 12.6. The van der Waals surface area contributed by atoms with Crippen molar-refractivity contribution in [2.24, 2.45) is 7.05 Å². The molecule has 0 spiro atoms. The fourth-order valence-corrected chi connectivity index (χ4v) is 5.07. The van der Waals surface area contributed by atoms with Crippen molar-refractivity contribution in [3.8, 4) is 0 Å². The zero-order valence-electron chi connectivity index (χ0n) is 15.3. The lowest BCUT2D eigenvalue weighted by Crippen LogP contribution is -2.49. The number of nitrogens with zero attached hydrogens (tertiary/aromatic N) is 4. The molecule has 1 aliphatic rings. The lowest BCUT2D eigenvalue weighted by atomic mass is 10.2. The zero-order valence-corrected chi connectivity index (χ0v) is 17.7. The second-order valence-electron chi connectivity index (χ2n) is 6.53. The Morgan fingerprint density at radius 3 is 2.79 bits per heavy atom. The summed E-state index contributed by atoms with van der Waals surface area (Å²) in [6.45, 7) is 2.88. The molecular weight excluding hydrogens is 416 g/mol. The van der Waals surface area contributed by atoms with Gasteiger partial charge in [-0.3, -0.25) is 14.2 Å². The smallest absolute Gasteiger partial charge is 0.271 e. The predicted molar refractivity (Wildman–Crippen MR) is 116 cm³/mol. The molecule has 1 fully saturated rings. The third-order valence-electron chi connectivity index (χ3n) is 4.78. The summed E-state index contributed by atoms with van der Waals surface area (Å²) in [4.78, 5) is 33.6. The monoisotopic (exact) mass is 434 g/mol. The van der Waals surface area contributed by atoms with Crippen molar-refractivity contribution < 1.29 is 4.79 Å². The van der Waals surface area contributed by atoms with Gasteiger partial charge in [-0.05, 0) is 29.6 Å². The third-order valence-corrected chi connectivity index (χ3v) is 6.92. The summed E-state index contributed by atoms with van der Waals surface area (Å²) in [6, 6.07) is 9.61. The number of anilines is 1. The quantitative estimate of drug-likeness (QED) is 0.466. The predicted octanol–water partition coefficient (Wildman–Crippen LogP) is 3.09. The Morgan fingerprint density at radius 1 is 1.25 bits per heavy atom. The van der Waals surface area contributed by atoms with Gasteiger partial charge in [-0.2, -0.15) is 0 Å². The number of halogens is 1. The van der Waals surface area contributed by atoms with Gasteiger partial charge in [0.25, 0.3) is 5.56 Å². The molecule has 1 aromatic carbocycles. The maximum Gasteiger partial charge on any atom is 0.271 e. The Balaban J connectivity index is 1.36. The largest absolute Gasteiger partial charge is 0.368 e. The molecule has 0 radical (unpaired) electrons. The summed E-state index contributed by atoms with van der Waals surface area (Å²) in [5.74, 6) is 0.336. The third kappa shape index (κ3) is 3.90. The second-order valence-corrected chi connectivity index (χ2v) is 8.82. The Hall–Kier alpha value is -2.03. The van der Waals surface area contributed by atoms with E-state index in [9.17, 15) is 9.59 Å². The van der Waals surface area contributed by atoms with E-state index in [0.717, 1.165) is 18.8 Å². The molecule has 3 aromatic rings. The maximum absolute atomic E-state index is 12.6. The first kappa shape index (κ1) is 19.3. The van der Waals surface area contributed by atoms with Crippen molar-refractivity contribution in [2.75, 3.05) is 36.8 Å².